The van der Waals surface area contributed by atoms with Crippen LogP contribution >= 0.6 is 22.9 Å². The van der Waals surface area contributed by atoms with Gasteiger partial charge in [-0.1, -0.05) is 32.4 Å². The van der Waals surface area contributed by atoms with E-state index >= 15 is 0 Å². The van der Waals surface area contributed by atoms with Gasteiger partial charge >= 0.3 is 0 Å². The fraction of sp³-hybridized carbons (Fsp3) is 0.429. The minimum Gasteiger partial charge on any atom is -0.355 e. The van der Waals surface area contributed by atoms with Gasteiger partial charge in [-0.3, -0.25) is 9.59 Å². The van der Waals surface area contributed by atoms with Crippen LogP contribution in [-0.2, 0) is 12.8 Å². The van der Waals surface area contributed by atoms with Crippen LogP contribution in [0, 0.1) is 11.3 Å². The summed E-state index contributed by atoms with van der Waals surface area (Å²) < 4.78 is 0. The number of carbonyl (C=O) groups is 2. The van der Waals surface area contributed by atoms with Crippen molar-refractivity contribution in [3.05, 3.63) is 50.9 Å². The highest BCUT2D eigenvalue weighted by molar-refractivity contribution is 7.17. The van der Waals surface area contributed by atoms with Gasteiger partial charge in [-0.15, -0.1) is 11.3 Å². The van der Waals surface area contributed by atoms with Crippen LogP contribution in [-0.4, -0.2) is 18.9 Å². The topological polar surface area (TPSA) is 58.2 Å². The molecule has 2 N–H and O–H groups in total. The Labute approximate surface area is 169 Å². The monoisotopic (exact) mass is 404 g/mol. The summed E-state index contributed by atoms with van der Waals surface area (Å²) in [6.07, 6.45) is 2.87. The van der Waals surface area contributed by atoms with Gasteiger partial charge in [0.25, 0.3) is 11.8 Å². The molecule has 1 aromatic heterocycles. The molecule has 144 valence electrons. The molecule has 0 radical (unpaired) electrons. The number of hydrogen-bond donors (Lipinski definition) is 2. The van der Waals surface area contributed by atoms with Crippen LogP contribution in [0.2, 0.25) is 5.02 Å². The minimum atomic E-state index is -0.234. The highest BCUT2D eigenvalue weighted by Crippen LogP contribution is 2.44. The van der Waals surface area contributed by atoms with E-state index < -0.39 is 0 Å². The molecule has 27 heavy (non-hydrogen) atoms. The SMILES string of the molecule is CNC(=O)c1c(NC(=O)c2ccc(Cl)cc2)sc2c1CC[C@H](C(C)(C)C)C2. The highest BCUT2D eigenvalue weighted by Gasteiger charge is 2.33. The predicted octanol–water partition coefficient (Wildman–Crippen LogP) is 5.16. The molecule has 2 amide bonds. The molecule has 0 fully saturated rings. The zero-order valence-corrected chi connectivity index (χ0v) is 17.7. The first-order valence-corrected chi connectivity index (χ1v) is 10.3. The second kappa shape index (κ2) is 7.64. The standard InChI is InChI=1S/C21H25ClN2O2S/c1-21(2,3)13-7-10-15-16(11-13)27-20(17(15)19(26)23-4)24-18(25)12-5-8-14(22)9-6-12/h5-6,8-9,13H,7,10-11H2,1-4H3,(H,23,26)(H,24,25)/t13-/m0/s1. The Kier molecular flexibility index (Phi) is 5.63. The summed E-state index contributed by atoms with van der Waals surface area (Å²) in [4.78, 5) is 26.4. The van der Waals surface area contributed by atoms with Crippen molar-refractivity contribution in [3.8, 4) is 0 Å². The molecular formula is C21H25ClN2O2S. The average molecular weight is 405 g/mol. The predicted molar refractivity (Wildman–Crippen MR) is 112 cm³/mol. The lowest BCUT2D eigenvalue weighted by Gasteiger charge is -2.33. The first kappa shape index (κ1) is 19.9. The zero-order chi connectivity index (χ0) is 19.8. The van der Waals surface area contributed by atoms with Crippen molar-refractivity contribution in [2.75, 3.05) is 12.4 Å². The van der Waals surface area contributed by atoms with Crippen molar-refractivity contribution < 1.29 is 9.59 Å². The molecule has 1 aromatic carbocycles. The second-order valence-corrected chi connectivity index (χ2v) is 9.60. The molecule has 0 saturated heterocycles. The second-order valence-electron chi connectivity index (χ2n) is 8.05. The minimum absolute atomic E-state index is 0.145. The van der Waals surface area contributed by atoms with Crippen LogP contribution in [0.25, 0.3) is 0 Å². The Balaban J connectivity index is 1.93. The number of fused-ring (bicyclic) bond motifs is 1. The Morgan fingerprint density at radius 2 is 1.81 bits per heavy atom. The number of amides is 2. The molecule has 4 nitrogen and oxygen atoms in total. The van der Waals surface area contributed by atoms with Crippen molar-refractivity contribution in [1.82, 2.24) is 5.32 Å². The van der Waals surface area contributed by atoms with Gasteiger partial charge in [0.15, 0.2) is 0 Å². The third-order valence-corrected chi connectivity index (χ3v) is 6.70. The maximum absolute atomic E-state index is 12.6. The molecule has 0 aliphatic heterocycles. The van der Waals surface area contributed by atoms with Crippen molar-refractivity contribution in [2.45, 2.75) is 40.0 Å². The first-order chi connectivity index (χ1) is 12.7. The summed E-state index contributed by atoms with van der Waals surface area (Å²) >= 11 is 7.43. The van der Waals surface area contributed by atoms with E-state index in [1.54, 1.807) is 31.3 Å². The van der Waals surface area contributed by atoms with Crippen molar-refractivity contribution in [2.24, 2.45) is 11.3 Å². The van der Waals surface area contributed by atoms with Gasteiger partial charge in [-0.25, -0.2) is 0 Å². The van der Waals surface area contributed by atoms with Crippen LogP contribution in [0.1, 0.15) is 58.3 Å². The van der Waals surface area contributed by atoms with Gasteiger partial charge in [-0.2, -0.15) is 0 Å². The largest absolute Gasteiger partial charge is 0.355 e. The zero-order valence-electron chi connectivity index (χ0n) is 16.1. The van der Waals surface area contributed by atoms with Gasteiger partial charge in [0.2, 0.25) is 0 Å². The van der Waals surface area contributed by atoms with E-state index in [-0.39, 0.29) is 17.2 Å². The molecule has 0 bridgehead atoms. The molecule has 0 unspecified atom stereocenters. The molecule has 1 atom stereocenters. The molecule has 1 aliphatic carbocycles. The lowest BCUT2D eigenvalue weighted by Crippen LogP contribution is -2.27. The van der Waals surface area contributed by atoms with Crippen molar-refractivity contribution in [3.63, 3.8) is 0 Å². The van der Waals surface area contributed by atoms with E-state index in [2.05, 4.69) is 31.4 Å². The number of carbonyl (C=O) groups excluding carboxylic acids is 2. The van der Waals surface area contributed by atoms with E-state index in [1.165, 1.54) is 16.2 Å². The van der Waals surface area contributed by atoms with Crippen molar-refractivity contribution >= 4 is 39.8 Å². The van der Waals surface area contributed by atoms with Crippen LogP contribution in [0.15, 0.2) is 24.3 Å². The molecule has 3 rings (SSSR count). The number of nitrogens with one attached hydrogen (secondary N) is 2. The van der Waals surface area contributed by atoms with Crippen LogP contribution < -0.4 is 10.6 Å². The molecule has 0 saturated carbocycles. The van der Waals surface area contributed by atoms with Gasteiger partial charge in [0.05, 0.1) is 5.56 Å². The van der Waals surface area contributed by atoms with Crippen molar-refractivity contribution in [1.29, 1.82) is 0 Å². The summed E-state index contributed by atoms with van der Waals surface area (Å²) in [5, 5.41) is 6.88. The van der Waals surface area contributed by atoms with Crippen LogP contribution in [0.5, 0.6) is 0 Å². The van der Waals surface area contributed by atoms with Gasteiger partial charge < -0.3 is 10.6 Å². The third-order valence-electron chi connectivity index (χ3n) is 5.28. The fourth-order valence-electron chi connectivity index (χ4n) is 3.55. The number of rotatable bonds is 3. The average Bonchev–Trinajstić information content (AvgIpc) is 2.97. The number of benzene rings is 1. The van der Waals surface area contributed by atoms with Crippen LogP contribution in [0.4, 0.5) is 5.00 Å². The normalized spacial score (nSPS) is 16.6. The molecule has 1 aliphatic rings. The summed E-state index contributed by atoms with van der Waals surface area (Å²) in [6, 6.07) is 6.73. The summed E-state index contributed by atoms with van der Waals surface area (Å²) in [6.45, 7) is 6.79. The number of thiophene rings is 1. The quantitative estimate of drug-likeness (QED) is 0.741. The van der Waals surface area contributed by atoms with E-state index in [9.17, 15) is 9.59 Å². The van der Waals surface area contributed by atoms with Gasteiger partial charge in [0.1, 0.15) is 5.00 Å². The molecule has 0 spiro atoms. The van der Waals surface area contributed by atoms with Gasteiger partial charge in [0, 0.05) is 22.5 Å². The van der Waals surface area contributed by atoms with Gasteiger partial charge in [-0.05, 0) is 60.4 Å². The Hall–Kier alpha value is -1.85. The number of hydrogen-bond acceptors (Lipinski definition) is 3. The maximum atomic E-state index is 12.6. The van der Waals surface area contributed by atoms with E-state index in [4.69, 9.17) is 11.6 Å². The summed E-state index contributed by atoms with van der Waals surface area (Å²) in [5.41, 5.74) is 2.45. The van der Waals surface area contributed by atoms with E-state index in [0.29, 0.717) is 27.1 Å². The first-order valence-electron chi connectivity index (χ1n) is 9.14. The highest BCUT2D eigenvalue weighted by atomic mass is 35.5. The Morgan fingerprint density at radius 1 is 1.15 bits per heavy atom. The number of halogens is 1. The third kappa shape index (κ3) is 4.19. The molecule has 2 aromatic rings. The fourth-order valence-corrected chi connectivity index (χ4v) is 5.00. The molecular weight excluding hydrogens is 380 g/mol. The smallest absolute Gasteiger partial charge is 0.256 e. The Morgan fingerprint density at radius 3 is 2.41 bits per heavy atom. The lowest BCUT2D eigenvalue weighted by molar-refractivity contribution is 0.0963. The molecule has 1 heterocycles. The Bertz CT molecular complexity index is 866. The number of anilines is 1. The maximum Gasteiger partial charge on any atom is 0.256 e. The molecule has 6 heteroatoms. The lowest BCUT2D eigenvalue weighted by atomic mass is 9.72. The summed E-state index contributed by atoms with van der Waals surface area (Å²) in [7, 11) is 1.62. The van der Waals surface area contributed by atoms with E-state index in [0.717, 1.165) is 24.8 Å². The summed E-state index contributed by atoms with van der Waals surface area (Å²) in [5.74, 6) is 0.192. The van der Waals surface area contributed by atoms with E-state index in [1.807, 2.05) is 0 Å². The van der Waals surface area contributed by atoms with Crippen LogP contribution in [0.3, 0.4) is 0 Å².